The van der Waals surface area contributed by atoms with Crippen molar-refractivity contribution in [1.29, 1.82) is 0 Å². The molecule has 0 amide bonds. The number of nitrogens with zero attached hydrogens (tertiary/aromatic N) is 3. The fourth-order valence-electron chi connectivity index (χ4n) is 3.52. The number of aryl methyl sites for hydroxylation is 1. The van der Waals surface area contributed by atoms with Crippen LogP contribution >= 0.6 is 11.8 Å². The maximum absolute atomic E-state index is 10.8. The van der Waals surface area contributed by atoms with Crippen LogP contribution < -0.4 is 4.90 Å². The van der Waals surface area contributed by atoms with Crippen molar-refractivity contribution in [3.05, 3.63) is 33.9 Å². The molecule has 0 aliphatic carbocycles. The van der Waals surface area contributed by atoms with Gasteiger partial charge in [-0.25, -0.2) is 0 Å². The molecule has 3 rings (SSSR count). The topological polar surface area (TPSA) is 49.6 Å². The molecule has 0 bridgehead atoms. The minimum absolute atomic E-state index is 0.182. The number of nitro groups is 1. The van der Waals surface area contributed by atoms with E-state index < -0.39 is 0 Å². The van der Waals surface area contributed by atoms with E-state index in [1.165, 1.54) is 37.4 Å². The number of piperidine rings is 1. The van der Waals surface area contributed by atoms with Crippen molar-refractivity contribution in [1.82, 2.24) is 4.90 Å². The van der Waals surface area contributed by atoms with Crippen molar-refractivity contribution in [2.75, 3.05) is 42.6 Å². The third kappa shape index (κ3) is 3.38. The monoisotopic (exact) mass is 321 g/mol. The van der Waals surface area contributed by atoms with Crippen molar-refractivity contribution in [3.63, 3.8) is 0 Å². The molecule has 2 heterocycles. The highest BCUT2D eigenvalue weighted by Gasteiger charge is 2.26. The van der Waals surface area contributed by atoms with E-state index in [2.05, 4.69) is 21.6 Å². The van der Waals surface area contributed by atoms with Crippen LogP contribution in [-0.2, 0) is 0 Å². The van der Waals surface area contributed by atoms with Gasteiger partial charge >= 0.3 is 0 Å². The van der Waals surface area contributed by atoms with Gasteiger partial charge in [-0.3, -0.25) is 15.0 Å². The maximum Gasteiger partial charge on any atom is 0.269 e. The Hall–Kier alpha value is -1.27. The summed E-state index contributed by atoms with van der Waals surface area (Å²) in [5, 5.41) is 10.8. The number of hydrogen-bond acceptors (Lipinski definition) is 5. The van der Waals surface area contributed by atoms with E-state index in [9.17, 15) is 10.1 Å². The molecule has 22 heavy (non-hydrogen) atoms. The summed E-state index contributed by atoms with van der Waals surface area (Å²) in [6.07, 6.45) is 2.39. The average Bonchev–Trinajstić information content (AvgIpc) is 2.56. The fraction of sp³-hybridized carbons (Fsp3) is 0.625. The van der Waals surface area contributed by atoms with Gasteiger partial charge in [-0.2, -0.15) is 11.8 Å². The van der Waals surface area contributed by atoms with Gasteiger partial charge in [-0.05, 0) is 31.4 Å². The molecule has 1 aromatic carbocycles. The van der Waals surface area contributed by atoms with E-state index >= 15 is 0 Å². The van der Waals surface area contributed by atoms with E-state index in [1.807, 2.05) is 13.0 Å². The second kappa shape index (κ2) is 6.87. The normalized spacial score (nSPS) is 21.0. The van der Waals surface area contributed by atoms with Crippen LogP contribution in [0.15, 0.2) is 18.2 Å². The number of rotatable bonds is 3. The Balaban J connectivity index is 1.62. The van der Waals surface area contributed by atoms with Crippen molar-refractivity contribution < 1.29 is 4.92 Å². The largest absolute Gasteiger partial charge is 0.371 e. The third-order valence-corrected chi connectivity index (χ3v) is 5.70. The summed E-state index contributed by atoms with van der Waals surface area (Å²) in [5.74, 6) is 2.53. The highest BCUT2D eigenvalue weighted by atomic mass is 32.2. The van der Waals surface area contributed by atoms with Crippen molar-refractivity contribution in [2.24, 2.45) is 0 Å². The van der Waals surface area contributed by atoms with E-state index in [0.717, 1.165) is 30.4 Å². The molecule has 0 radical (unpaired) electrons. The lowest BCUT2D eigenvalue weighted by molar-refractivity contribution is -0.384. The van der Waals surface area contributed by atoms with Crippen molar-refractivity contribution in [2.45, 2.75) is 25.8 Å². The molecule has 0 spiro atoms. The predicted molar refractivity (Wildman–Crippen MR) is 92.0 cm³/mol. The second-order valence-electron chi connectivity index (χ2n) is 6.09. The summed E-state index contributed by atoms with van der Waals surface area (Å²) in [4.78, 5) is 15.6. The summed E-state index contributed by atoms with van der Waals surface area (Å²) < 4.78 is 0. The molecule has 0 saturated carbocycles. The van der Waals surface area contributed by atoms with E-state index in [1.54, 1.807) is 12.1 Å². The molecule has 2 fully saturated rings. The first kappa shape index (κ1) is 15.6. The first-order valence-electron chi connectivity index (χ1n) is 7.97. The summed E-state index contributed by atoms with van der Waals surface area (Å²) >= 11 is 2.06. The molecule has 5 nitrogen and oxygen atoms in total. The van der Waals surface area contributed by atoms with Crippen LogP contribution in [0, 0.1) is 17.0 Å². The molecule has 0 aromatic heterocycles. The molecule has 2 saturated heterocycles. The third-order valence-electron chi connectivity index (χ3n) is 4.76. The lowest BCUT2D eigenvalue weighted by atomic mass is 10.0. The summed E-state index contributed by atoms with van der Waals surface area (Å²) in [7, 11) is 0. The zero-order valence-corrected chi connectivity index (χ0v) is 13.8. The number of hydrogen-bond donors (Lipinski definition) is 0. The number of anilines is 1. The van der Waals surface area contributed by atoms with E-state index in [4.69, 9.17) is 0 Å². The van der Waals surface area contributed by atoms with Gasteiger partial charge in [-0.15, -0.1) is 0 Å². The predicted octanol–water partition coefficient (Wildman–Crippen LogP) is 2.92. The summed E-state index contributed by atoms with van der Waals surface area (Å²) in [6.45, 7) is 6.52. The average molecular weight is 321 g/mol. The molecule has 2 aliphatic heterocycles. The number of nitro benzene ring substituents is 1. The molecule has 0 N–H and O–H groups in total. The maximum atomic E-state index is 10.8. The van der Waals surface area contributed by atoms with Gasteiger partial charge in [0.15, 0.2) is 0 Å². The molecule has 2 aliphatic rings. The second-order valence-corrected chi connectivity index (χ2v) is 7.32. The van der Waals surface area contributed by atoms with Crippen molar-refractivity contribution in [3.8, 4) is 0 Å². The minimum Gasteiger partial charge on any atom is -0.371 e. The lowest BCUT2D eigenvalue weighted by Gasteiger charge is -2.41. The Morgan fingerprint density at radius 1 is 1.18 bits per heavy atom. The summed E-state index contributed by atoms with van der Waals surface area (Å²) in [5.41, 5.74) is 2.34. The van der Waals surface area contributed by atoms with Gasteiger partial charge < -0.3 is 4.90 Å². The van der Waals surface area contributed by atoms with Crippen LogP contribution in [0.1, 0.15) is 18.4 Å². The van der Waals surface area contributed by atoms with E-state index in [0.29, 0.717) is 0 Å². The van der Waals surface area contributed by atoms with Crippen LogP contribution in [-0.4, -0.2) is 53.5 Å². The van der Waals surface area contributed by atoms with Gasteiger partial charge in [0.2, 0.25) is 0 Å². The molecule has 0 unspecified atom stereocenters. The van der Waals surface area contributed by atoms with Crippen LogP contribution in [0.2, 0.25) is 0 Å². The fourth-order valence-corrected chi connectivity index (χ4v) is 4.45. The van der Waals surface area contributed by atoms with Crippen LogP contribution in [0.3, 0.4) is 0 Å². The minimum atomic E-state index is -0.322. The van der Waals surface area contributed by atoms with Crippen molar-refractivity contribution >= 4 is 23.1 Å². The summed E-state index contributed by atoms with van der Waals surface area (Å²) in [6, 6.07) is 5.93. The first-order valence-corrected chi connectivity index (χ1v) is 9.12. The van der Waals surface area contributed by atoms with Gasteiger partial charge in [0.05, 0.1) is 4.92 Å². The lowest BCUT2D eigenvalue weighted by Crippen LogP contribution is -2.47. The molecule has 6 heteroatoms. The Kier molecular flexibility index (Phi) is 4.88. The van der Waals surface area contributed by atoms with Crippen LogP contribution in [0.5, 0.6) is 0 Å². The Labute approximate surface area is 135 Å². The van der Waals surface area contributed by atoms with Gasteiger partial charge in [0.1, 0.15) is 0 Å². The quantitative estimate of drug-likeness (QED) is 0.633. The van der Waals surface area contributed by atoms with Crippen LogP contribution in [0.4, 0.5) is 11.4 Å². The number of benzene rings is 1. The zero-order chi connectivity index (χ0) is 15.5. The van der Waals surface area contributed by atoms with Gasteiger partial charge in [0.25, 0.3) is 5.69 Å². The highest BCUT2D eigenvalue weighted by molar-refractivity contribution is 7.99. The molecular weight excluding hydrogens is 298 g/mol. The van der Waals surface area contributed by atoms with Crippen LogP contribution in [0.25, 0.3) is 0 Å². The van der Waals surface area contributed by atoms with Gasteiger partial charge in [0, 0.05) is 61.5 Å². The standard InChI is InChI=1S/C16H23N3O2S/c1-13-12-15(19(20)21)2-3-16(13)18-6-4-14(5-7-18)17-8-10-22-11-9-17/h2-3,12,14H,4-11H2,1H3. The highest BCUT2D eigenvalue weighted by Crippen LogP contribution is 2.29. The molecular formula is C16H23N3O2S. The molecule has 120 valence electrons. The molecule has 1 aromatic rings. The Morgan fingerprint density at radius 3 is 2.45 bits per heavy atom. The SMILES string of the molecule is Cc1cc([N+](=O)[O-])ccc1N1CCC(N2CCSCC2)CC1. The van der Waals surface area contributed by atoms with Gasteiger partial charge in [-0.1, -0.05) is 0 Å². The number of thioether (sulfide) groups is 1. The zero-order valence-electron chi connectivity index (χ0n) is 13.0. The molecule has 0 atom stereocenters. The Bertz CT molecular complexity index is 538. The Morgan fingerprint density at radius 2 is 1.86 bits per heavy atom. The number of non-ortho nitro benzene ring substituents is 1. The smallest absolute Gasteiger partial charge is 0.269 e. The first-order chi connectivity index (χ1) is 10.6. The van der Waals surface area contributed by atoms with E-state index in [-0.39, 0.29) is 10.6 Å².